The van der Waals surface area contributed by atoms with Crippen molar-refractivity contribution >= 4 is 105 Å². The molecule has 2 aromatic heterocycles. The SMILES string of the molecule is CC[C@H](C)[C@H](NC(=O)[C@H](CCCCN)NC(=O)[C@H](CCCCN)NC(=O)[C@H](Cc1ccccc1)NC(=O)[C@H](CC(C)C)NC(=O)[C@H](CC(C)C)NC(=O)[C@H](Cc1c[nH]c2ccccc12)NC(=O)[C@@H](N)CCCCN)C(=O)NCC(=O)N[C@@H](C)C(=O)N[C@H](C(=O)N[C@@H](CC(C)C)C(=O)N[C@@H](CC(C)C)C(=O)N[C@@H](CC(N)=O)C(=O)N[C@@H](Cc1cnc[nH]1)C(N)=O)C(C)C. The van der Waals surface area contributed by atoms with E-state index in [0.717, 1.165) is 16.5 Å². The van der Waals surface area contributed by atoms with Gasteiger partial charge in [0, 0.05) is 48.3 Å². The predicted octanol–water partition coefficient (Wildman–Crippen LogP) is -0.681. The third-order valence-corrected chi connectivity index (χ3v) is 21.4. The van der Waals surface area contributed by atoms with Crippen LogP contribution in [0.15, 0.2) is 73.3 Å². The Balaban J connectivity index is 1.51. The highest BCUT2D eigenvalue weighted by Crippen LogP contribution is 2.22. The number of hydrogen-bond acceptors (Lipinski definition) is 21. The monoisotopic (exact) mass is 1780 g/mol. The Morgan fingerprint density at radius 1 is 0.394 bits per heavy atom. The molecule has 0 spiro atoms. The van der Waals surface area contributed by atoms with Gasteiger partial charge in [-0.1, -0.05) is 144 Å². The van der Waals surface area contributed by atoms with Crippen LogP contribution in [0, 0.1) is 35.5 Å². The van der Waals surface area contributed by atoms with Crippen molar-refractivity contribution in [3.05, 3.63) is 90.1 Å². The molecule has 2 aromatic carbocycles. The van der Waals surface area contributed by atoms with E-state index in [1.54, 1.807) is 91.9 Å². The number of carbonyl (C=O) groups is 16. The number of amides is 16. The Hall–Kier alpha value is -11.4. The third kappa shape index (κ3) is 38.7. The summed E-state index contributed by atoms with van der Waals surface area (Å²) in [6, 6.07) is -2.07. The van der Waals surface area contributed by atoms with Crippen LogP contribution in [0.4, 0.5) is 0 Å². The maximum Gasteiger partial charge on any atom is 0.243 e. The molecule has 0 radical (unpaired) electrons. The molecule has 0 aliphatic rings. The minimum Gasteiger partial charge on any atom is -0.370 e. The average Bonchev–Trinajstić information content (AvgIpc) is 1.70. The number of primary amides is 2. The van der Waals surface area contributed by atoms with Gasteiger partial charge in [-0.3, -0.25) is 76.7 Å². The minimum absolute atomic E-state index is 0.00708. The van der Waals surface area contributed by atoms with Crippen LogP contribution in [0.1, 0.15) is 203 Å². The second-order valence-electron chi connectivity index (χ2n) is 34.8. The summed E-state index contributed by atoms with van der Waals surface area (Å²) in [5.41, 5.74) is 37.5. The molecule has 0 unspecified atom stereocenters. The molecule has 0 fully saturated rings. The van der Waals surface area contributed by atoms with Crippen LogP contribution in [0.2, 0.25) is 0 Å². The number of carbonyl (C=O) groups excluding carboxylic acids is 16. The fourth-order valence-corrected chi connectivity index (χ4v) is 14.1. The molecule has 2 heterocycles. The quantitative estimate of drug-likeness (QED) is 0.0244. The molecule has 15 atom stereocenters. The number of fused-ring (bicyclic) bond motifs is 1. The van der Waals surface area contributed by atoms with Crippen LogP contribution in [-0.4, -0.2) is 220 Å². The van der Waals surface area contributed by atoms with Crippen LogP contribution < -0.4 is 109 Å². The lowest BCUT2D eigenvalue weighted by Gasteiger charge is -2.29. The van der Waals surface area contributed by atoms with Crippen molar-refractivity contribution in [1.29, 1.82) is 0 Å². The van der Waals surface area contributed by atoms with Crippen molar-refractivity contribution < 1.29 is 76.7 Å². The molecule has 28 N–H and O–H groups in total. The van der Waals surface area contributed by atoms with Crippen molar-refractivity contribution in [2.75, 3.05) is 26.2 Å². The molecule has 0 aliphatic carbocycles. The van der Waals surface area contributed by atoms with Crippen LogP contribution in [0.25, 0.3) is 10.9 Å². The van der Waals surface area contributed by atoms with Gasteiger partial charge >= 0.3 is 0 Å². The van der Waals surface area contributed by atoms with Crippen molar-refractivity contribution in [3.63, 3.8) is 0 Å². The number of rotatable bonds is 60. The van der Waals surface area contributed by atoms with E-state index in [4.69, 9.17) is 34.4 Å². The van der Waals surface area contributed by atoms with Crippen LogP contribution in [0.3, 0.4) is 0 Å². The number of imidazole rings is 1. The minimum atomic E-state index is -1.62. The van der Waals surface area contributed by atoms with Crippen molar-refractivity contribution in [3.8, 4) is 0 Å². The molecule has 0 aliphatic heterocycles. The zero-order chi connectivity index (χ0) is 94.7. The smallest absolute Gasteiger partial charge is 0.243 e. The molecule has 0 saturated heterocycles. The number of hydrogen-bond donors (Lipinski definition) is 22. The molecule has 4 aromatic rings. The van der Waals surface area contributed by atoms with Crippen molar-refractivity contribution in [2.24, 2.45) is 69.9 Å². The normalized spacial score (nSPS) is 15.0. The topological polar surface area (TPSA) is 642 Å². The lowest BCUT2D eigenvalue weighted by Crippen LogP contribution is -2.61. The number of nitrogens with zero attached hydrogens (tertiary/aromatic N) is 1. The van der Waals surface area contributed by atoms with Crippen LogP contribution >= 0.6 is 0 Å². The fraction of sp³-hybridized carbons (Fsp3) is 0.625. The molecule has 706 valence electrons. The third-order valence-electron chi connectivity index (χ3n) is 21.4. The van der Waals surface area contributed by atoms with Gasteiger partial charge in [0.1, 0.15) is 78.5 Å². The highest BCUT2D eigenvalue weighted by atomic mass is 16.2. The molecular formula is C88H143N23O16. The van der Waals surface area contributed by atoms with Crippen LogP contribution in [-0.2, 0) is 96.0 Å². The van der Waals surface area contributed by atoms with Gasteiger partial charge in [0.15, 0.2) is 0 Å². The van der Waals surface area contributed by atoms with Gasteiger partial charge in [-0.05, 0) is 156 Å². The van der Waals surface area contributed by atoms with Crippen molar-refractivity contribution in [2.45, 2.75) is 290 Å². The first kappa shape index (κ1) is 108. The summed E-state index contributed by atoms with van der Waals surface area (Å²) in [5, 5.41) is 38.5. The Bertz CT molecular complexity index is 4220. The largest absolute Gasteiger partial charge is 0.370 e. The Morgan fingerprint density at radius 2 is 0.803 bits per heavy atom. The number of aromatic nitrogens is 3. The Morgan fingerprint density at radius 3 is 1.27 bits per heavy atom. The van der Waals surface area contributed by atoms with Gasteiger partial charge in [0.05, 0.1) is 25.3 Å². The standard InChI is InChI=1S/C88H143N23O16/c1-14-53(12)74(87(126)97-46-72(113)99-54(13)76(115)110-73(52(10)11)88(127)109-67(39-51(8)9)83(122)105-66(38-50(6)7)82(121)108-70(43-71(93)112)86(125)102-63(75(94)114)42-57-45-95-47-98-57)111-79(118)62(32-22-25-35-91)100-78(117)61(31-21-24-34-90)101-84(123)68(40-55-26-16-15-17-27-55)107-81(120)65(37-49(4)5)104-80(119)64(36-48(2)3)106-85(124)69(103-77(116)59(92)29-20-23-33-89)41-56-44-96-60-30-19-18-28-58(56)60/h15-19,26-28,30,44-45,47-54,59,61-70,73-74,96H,14,20-25,29,31-43,46,89-92H2,1-13H3,(H2,93,112)(H2,94,114)(H,95,98)(H,97,126)(H,99,113)(H,100,117)(H,101,123)(H,102,125)(H,103,116)(H,104,119)(H,105,122)(H,106,124)(H,107,120)(H,108,121)(H,109,127)(H,110,115)(H,111,118)/t53-,54-,59-,61-,62-,63-,64-,65-,66-,67-,68-,69-,70-,73-,74-/m0/s1. The zero-order valence-electron chi connectivity index (χ0n) is 76.0. The first-order valence-electron chi connectivity index (χ1n) is 44.3. The maximum atomic E-state index is 15.0. The van der Waals surface area contributed by atoms with E-state index in [9.17, 15) is 71.9 Å². The number of H-pyrrole nitrogens is 2. The summed E-state index contributed by atoms with van der Waals surface area (Å²) in [5.74, 6) is -15.1. The summed E-state index contributed by atoms with van der Waals surface area (Å²) in [7, 11) is 0. The number of unbranched alkanes of at least 4 members (excludes halogenated alkanes) is 3. The first-order valence-corrected chi connectivity index (χ1v) is 44.3. The van der Waals surface area contributed by atoms with E-state index >= 15 is 4.79 Å². The van der Waals surface area contributed by atoms with Gasteiger partial charge < -0.3 is 119 Å². The van der Waals surface area contributed by atoms with E-state index in [0.29, 0.717) is 69.2 Å². The van der Waals surface area contributed by atoms with Gasteiger partial charge in [0.25, 0.3) is 0 Å². The van der Waals surface area contributed by atoms with E-state index in [-0.39, 0.29) is 94.5 Å². The highest BCUT2D eigenvalue weighted by Gasteiger charge is 2.40. The summed E-state index contributed by atoms with van der Waals surface area (Å²) in [6.45, 7) is 22.6. The van der Waals surface area contributed by atoms with Gasteiger partial charge in [-0.25, -0.2) is 4.98 Å². The summed E-state index contributed by atoms with van der Waals surface area (Å²) in [6.07, 6.45) is 7.20. The first-order chi connectivity index (χ1) is 60.1. The second-order valence-corrected chi connectivity index (χ2v) is 34.8. The van der Waals surface area contributed by atoms with E-state index in [2.05, 4.69) is 89.4 Å². The summed E-state index contributed by atoms with van der Waals surface area (Å²) in [4.78, 5) is 235. The lowest BCUT2D eigenvalue weighted by atomic mass is 9.97. The van der Waals surface area contributed by atoms with Gasteiger partial charge in [-0.15, -0.1) is 0 Å². The average molecular weight is 1780 g/mol. The summed E-state index contributed by atoms with van der Waals surface area (Å²) < 4.78 is 0. The van der Waals surface area contributed by atoms with Crippen LogP contribution in [0.5, 0.6) is 0 Å². The zero-order valence-corrected chi connectivity index (χ0v) is 76.0. The molecule has 0 bridgehead atoms. The van der Waals surface area contributed by atoms with Gasteiger partial charge in [-0.2, -0.15) is 0 Å². The fourth-order valence-electron chi connectivity index (χ4n) is 14.1. The Labute approximate surface area is 744 Å². The van der Waals surface area contributed by atoms with Crippen molar-refractivity contribution in [1.82, 2.24) is 89.4 Å². The molecule has 39 nitrogen and oxygen atoms in total. The van der Waals surface area contributed by atoms with Gasteiger partial charge in [0.2, 0.25) is 94.5 Å². The number of benzene rings is 2. The lowest BCUT2D eigenvalue weighted by molar-refractivity contribution is -0.136. The molecule has 0 saturated carbocycles. The highest BCUT2D eigenvalue weighted by molar-refractivity contribution is 6.01. The number of nitrogens with one attached hydrogen (secondary N) is 16. The molecular weight excluding hydrogens is 1640 g/mol. The molecule has 4 rings (SSSR count). The molecule has 16 amide bonds. The molecule has 39 heteroatoms. The molecule has 127 heavy (non-hydrogen) atoms. The van der Waals surface area contributed by atoms with E-state index in [1.165, 1.54) is 19.4 Å². The number of aromatic amines is 2. The number of nitrogens with two attached hydrogens (primary N) is 6. The summed E-state index contributed by atoms with van der Waals surface area (Å²) >= 11 is 0. The predicted molar refractivity (Wildman–Crippen MR) is 480 cm³/mol. The Kier molecular flexibility index (Phi) is 47.5. The second kappa shape index (κ2) is 55.9. The maximum absolute atomic E-state index is 15.0. The number of para-hydroxylation sites is 1. The van der Waals surface area contributed by atoms with E-state index < -0.39 is 204 Å². The van der Waals surface area contributed by atoms with E-state index in [1.807, 2.05) is 52.0 Å².